The van der Waals surface area contributed by atoms with Crippen LogP contribution >= 0.6 is 0 Å². The summed E-state index contributed by atoms with van der Waals surface area (Å²) in [6.45, 7) is 0.670. The van der Waals surface area contributed by atoms with Crippen molar-refractivity contribution in [2.75, 3.05) is 6.54 Å². The van der Waals surface area contributed by atoms with Gasteiger partial charge >= 0.3 is 5.97 Å². The van der Waals surface area contributed by atoms with Crippen molar-refractivity contribution in [2.45, 2.75) is 76.3 Å². The predicted octanol–water partition coefficient (Wildman–Crippen LogP) is 1.66. The van der Waals surface area contributed by atoms with E-state index in [1.54, 1.807) is 0 Å². The quantitative estimate of drug-likeness (QED) is 0.694. The van der Waals surface area contributed by atoms with Gasteiger partial charge in [0, 0.05) is 19.4 Å². The van der Waals surface area contributed by atoms with Crippen molar-refractivity contribution in [2.24, 2.45) is 0 Å². The number of nitrogens with one attached hydrogen (secondary N) is 1. The Morgan fingerprint density at radius 3 is 2.56 bits per heavy atom. The number of carbonyl (C=O) groups excluding carboxylic acids is 4. The summed E-state index contributed by atoms with van der Waals surface area (Å²) in [7, 11) is 0. The minimum absolute atomic E-state index is 0.00545. The van der Waals surface area contributed by atoms with Gasteiger partial charge in [0.1, 0.15) is 12.1 Å². The van der Waals surface area contributed by atoms with Gasteiger partial charge in [-0.1, -0.05) is 36.8 Å². The summed E-state index contributed by atoms with van der Waals surface area (Å²) in [5, 5.41) is 5.64. The number of rotatable bonds is 5. The van der Waals surface area contributed by atoms with E-state index in [0.717, 1.165) is 18.4 Å². The van der Waals surface area contributed by atoms with Crippen LogP contribution in [-0.4, -0.2) is 58.6 Å². The second-order valence-corrected chi connectivity index (χ2v) is 8.45. The number of ether oxygens (including phenoxy) is 2. The van der Waals surface area contributed by atoms with E-state index in [9.17, 15) is 19.2 Å². The van der Waals surface area contributed by atoms with Crippen molar-refractivity contribution in [3.05, 3.63) is 35.9 Å². The number of benzene rings is 1. The van der Waals surface area contributed by atoms with Gasteiger partial charge in [-0.25, -0.2) is 5.01 Å². The molecular formula is C23H29N3O6. The van der Waals surface area contributed by atoms with Crippen molar-refractivity contribution >= 4 is 23.7 Å². The maximum atomic E-state index is 13.2. The molecule has 1 N–H and O–H groups in total. The van der Waals surface area contributed by atoms with Crippen molar-refractivity contribution < 1.29 is 28.7 Å². The minimum Gasteiger partial charge on any atom is -0.433 e. The first kappa shape index (κ1) is 22.3. The van der Waals surface area contributed by atoms with Crippen LogP contribution < -0.4 is 5.32 Å². The lowest BCUT2D eigenvalue weighted by atomic mass is 10.0. The molecule has 0 spiro atoms. The van der Waals surface area contributed by atoms with Crippen molar-refractivity contribution in [3.8, 4) is 0 Å². The number of cyclic esters (lactones) is 1. The first-order valence-electron chi connectivity index (χ1n) is 11.3. The Labute approximate surface area is 187 Å². The molecule has 3 aliphatic heterocycles. The first-order valence-corrected chi connectivity index (χ1v) is 11.3. The summed E-state index contributed by atoms with van der Waals surface area (Å²) in [6.07, 6.45) is 3.12. The molecular weight excluding hydrogens is 414 g/mol. The zero-order valence-corrected chi connectivity index (χ0v) is 18.0. The lowest BCUT2D eigenvalue weighted by molar-refractivity contribution is -0.179. The molecule has 3 fully saturated rings. The van der Waals surface area contributed by atoms with Gasteiger partial charge in [-0.3, -0.25) is 24.2 Å². The van der Waals surface area contributed by atoms with Crippen LogP contribution in [0.3, 0.4) is 0 Å². The molecule has 3 aliphatic rings. The van der Waals surface area contributed by atoms with Crippen LogP contribution in [0.1, 0.15) is 56.9 Å². The van der Waals surface area contributed by atoms with Crippen LogP contribution in [0.25, 0.3) is 0 Å². The number of hydrazine groups is 1. The molecule has 1 aromatic carbocycles. The lowest BCUT2D eigenvalue weighted by Crippen LogP contribution is -2.62. The molecule has 0 radical (unpaired) electrons. The maximum Gasteiger partial charge on any atom is 0.310 e. The Kier molecular flexibility index (Phi) is 7.04. The monoisotopic (exact) mass is 443 g/mol. The topological polar surface area (TPSA) is 105 Å². The van der Waals surface area contributed by atoms with Crippen LogP contribution in [0.2, 0.25) is 0 Å². The summed E-state index contributed by atoms with van der Waals surface area (Å²) < 4.78 is 11.0. The highest BCUT2D eigenvalue weighted by Gasteiger charge is 2.43. The lowest BCUT2D eigenvalue weighted by Gasteiger charge is -2.43. The zero-order valence-electron chi connectivity index (χ0n) is 18.0. The molecule has 0 aliphatic carbocycles. The summed E-state index contributed by atoms with van der Waals surface area (Å²) >= 11 is 0. The highest BCUT2D eigenvalue weighted by molar-refractivity contribution is 5.90. The molecule has 0 bridgehead atoms. The summed E-state index contributed by atoms with van der Waals surface area (Å²) in [5.74, 6) is -1.18. The number of hydrogen-bond acceptors (Lipinski definition) is 6. The van der Waals surface area contributed by atoms with Crippen LogP contribution in [0.15, 0.2) is 30.3 Å². The van der Waals surface area contributed by atoms with Gasteiger partial charge in [-0.05, 0) is 31.2 Å². The number of carbonyl (C=O) groups is 4. The Morgan fingerprint density at radius 2 is 1.78 bits per heavy atom. The average Bonchev–Trinajstić information content (AvgIpc) is 3.17. The molecule has 172 valence electrons. The molecule has 3 amide bonds. The van der Waals surface area contributed by atoms with Crippen LogP contribution in [0.5, 0.6) is 0 Å². The maximum absolute atomic E-state index is 13.2. The molecule has 0 saturated carbocycles. The predicted molar refractivity (Wildman–Crippen MR) is 112 cm³/mol. The Balaban J connectivity index is 1.44. The third-order valence-electron chi connectivity index (χ3n) is 6.08. The van der Waals surface area contributed by atoms with Gasteiger partial charge in [0.25, 0.3) is 0 Å². The standard InChI is InChI=1S/C23H29N3O6/c27-19-11-5-2-6-12-20(28)26-18(10-7-13-25(19)26)22(30)24-17-14-21(29)32-23(17)31-15-16-8-3-1-4-9-16/h1,3-4,8-9,17-18,23H,2,5-7,10-15H2,(H,24,30)/t17-,18-,23-/m0/s1. The smallest absolute Gasteiger partial charge is 0.310 e. The molecule has 3 heterocycles. The molecule has 1 aromatic rings. The fraction of sp³-hybridized carbons (Fsp3) is 0.565. The molecule has 0 aromatic heterocycles. The number of hydrogen-bond donors (Lipinski definition) is 1. The summed E-state index contributed by atoms with van der Waals surface area (Å²) in [6, 6.07) is 8.02. The molecule has 32 heavy (non-hydrogen) atoms. The van der Waals surface area contributed by atoms with Gasteiger partial charge in [-0.15, -0.1) is 0 Å². The van der Waals surface area contributed by atoms with Crippen LogP contribution in [-0.2, 0) is 35.3 Å². The minimum atomic E-state index is -0.904. The highest BCUT2D eigenvalue weighted by atomic mass is 16.7. The fourth-order valence-corrected chi connectivity index (χ4v) is 4.44. The van der Waals surface area contributed by atoms with E-state index >= 15 is 0 Å². The average molecular weight is 444 g/mol. The van der Waals surface area contributed by atoms with Gasteiger partial charge < -0.3 is 14.8 Å². The number of fused-ring (bicyclic) bond motifs is 1. The molecule has 3 saturated heterocycles. The largest absolute Gasteiger partial charge is 0.433 e. The normalized spacial score (nSPS) is 26.6. The van der Waals surface area contributed by atoms with Gasteiger partial charge in [0.2, 0.25) is 24.0 Å². The van der Waals surface area contributed by atoms with Gasteiger partial charge in [0.05, 0.1) is 13.0 Å². The van der Waals surface area contributed by atoms with Crippen molar-refractivity contribution in [3.63, 3.8) is 0 Å². The van der Waals surface area contributed by atoms with Crippen LogP contribution in [0.4, 0.5) is 0 Å². The van der Waals surface area contributed by atoms with E-state index in [4.69, 9.17) is 9.47 Å². The molecule has 3 atom stereocenters. The summed E-state index contributed by atoms with van der Waals surface area (Å²) in [5.41, 5.74) is 0.921. The van der Waals surface area contributed by atoms with Gasteiger partial charge in [0.15, 0.2) is 0 Å². The molecule has 9 heteroatoms. The third kappa shape index (κ3) is 5.09. The summed E-state index contributed by atoms with van der Waals surface area (Å²) in [4.78, 5) is 50.6. The second kappa shape index (κ2) is 10.1. The fourth-order valence-electron chi connectivity index (χ4n) is 4.44. The Morgan fingerprint density at radius 1 is 1.03 bits per heavy atom. The Hall–Kier alpha value is -2.94. The van der Waals surface area contributed by atoms with Gasteiger partial charge in [-0.2, -0.15) is 0 Å². The van der Waals surface area contributed by atoms with E-state index < -0.39 is 30.3 Å². The number of esters is 1. The van der Waals surface area contributed by atoms with E-state index in [1.165, 1.54) is 10.0 Å². The van der Waals surface area contributed by atoms with Crippen LogP contribution in [0, 0.1) is 0 Å². The SMILES string of the molecule is O=C1C[C@H](NC(=O)[C@@H]2CCCN3C(=O)CCCCCC(=O)N23)[C@@H](OCc2ccccc2)O1. The highest BCUT2D eigenvalue weighted by Crippen LogP contribution is 2.25. The van der Waals surface area contributed by atoms with Crippen molar-refractivity contribution in [1.29, 1.82) is 0 Å². The van der Waals surface area contributed by atoms with E-state index in [2.05, 4.69) is 5.32 Å². The first-order chi connectivity index (χ1) is 15.5. The van der Waals surface area contributed by atoms with E-state index in [0.29, 0.717) is 38.6 Å². The number of nitrogens with zero attached hydrogens (tertiary/aromatic N) is 2. The van der Waals surface area contributed by atoms with E-state index in [1.807, 2.05) is 30.3 Å². The zero-order chi connectivity index (χ0) is 22.5. The molecule has 0 unspecified atom stereocenters. The third-order valence-corrected chi connectivity index (χ3v) is 6.08. The second-order valence-electron chi connectivity index (χ2n) is 8.45. The van der Waals surface area contributed by atoms with Crippen molar-refractivity contribution in [1.82, 2.24) is 15.3 Å². The molecule has 4 rings (SSSR count). The Bertz CT molecular complexity index is 861. The number of amides is 3. The molecule has 9 nitrogen and oxygen atoms in total. The van der Waals surface area contributed by atoms with E-state index in [-0.39, 0.29) is 24.8 Å².